The highest BCUT2D eigenvalue weighted by Gasteiger charge is 2.34. The van der Waals surface area contributed by atoms with Gasteiger partial charge in [0, 0.05) is 6.54 Å². The molecule has 0 bridgehead atoms. The van der Waals surface area contributed by atoms with Gasteiger partial charge < -0.3 is 10.6 Å². The quantitative estimate of drug-likeness (QED) is 0.642. The Morgan fingerprint density at radius 3 is 2.80 bits per heavy atom. The molecule has 2 unspecified atom stereocenters. The normalized spacial score (nSPS) is 31.1. The van der Waals surface area contributed by atoms with E-state index in [0.717, 1.165) is 25.9 Å². The number of nitrogens with one attached hydrogen (secondary N) is 2. The van der Waals surface area contributed by atoms with Crippen molar-refractivity contribution in [2.24, 2.45) is 5.92 Å². The number of hydrogen-bond acceptors (Lipinski definition) is 3. The lowest BCUT2D eigenvalue weighted by Crippen LogP contribution is -2.33. The first kappa shape index (κ1) is 10.4. The van der Waals surface area contributed by atoms with Crippen molar-refractivity contribution in [3.63, 3.8) is 0 Å². The maximum absolute atomic E-state index is 11.5. The highest BCUT2D eigenvalue weighted by atomic mass is 16.2. The highest BCUT2D eigenvalue weighted by molar-refractivity contribution is 6.03. The number of hydrogen-bond donors (Lipinski definition) is 2. The van der Waals surface area contributed by atoms with Crippen LogP contribution in [-0.2, 0) is 4.79 Å². The van der Waals surface area contributed by atoms with Gasteiger partial charge in [-0.2, -0.15) is 0 Å². The predicted molar refractivity (Wildman–Crippen MR) is 55.3 cm³/mol. The fourth-order valence-electron chi connectivity index (χ4n) is 2.14. The zero-order valence-electron chi connectivity index (χ0n) is 8.95. The monoisotopic (exact) mass is 211 g/mol. The minimum atomic E-state index is -0.348. The molecular formula is C10H17N3O2. The molecule has 0 aromatic heterocycles. The lowest BCUT2D eigenvalue weighted by Gasteiger charge is -2.15. The fourth-order valence-corrected chi connectivity index (χ4v) is 2.14. The Hall–Kier alpha value is -1.10. The molecular weight excluding hydrogens is 194 g/mol. The Balaban J connectivity index is 1.83. The van der Waals surface area contributed by atoms with Crippen LogP contribution in [-0.4, -0.2) is 42.5 Å². The van der Waals surface area contributed by atoms with Crippen molar-refractivity contribution >= 4 is 11.9 Å². The lowest BCUT2D eigenvalue weighted by molar-refractivity contribution is -0.127. The molecule has 0 saturated carbocycles. The Labute approximate surface area is 89.2 Å². The summed E-state index contributed by atoms with van der Waals surface area (Å²) in [6.45, 7) is 4.35. The van der Waals surface area contributed by atoms with E-state index in [1.54, 1.807) is 6.92 Å². The van der Waals surface area contributed by atoms with Crippen LogP contribution >= 0.6 is 0 Å². The summed E-state index contributed by atoms with van der Waals surface area (Å²) >= 11 is 0. The molecule has 2 aliphatic heterocycles. The van der Waals surface area contributed by atoms with Gasteiger partial charge in [-0.1, -0.05) is 0 Å². The van der Waals surface area contributed by atoms with Crippen LogP contribution in [0.5, 0.6) is 0 Å². The Morgan fingerprint density at radius 2 is 2.27 bits per heavy atom. The largest absolute Gasteiger partial charge is 0.326 e. The maximum Gasteiger partial charge on any atom is 0.324 e. The van der Waals surface area contributed by atoms with Crippen molar-refractivity contribution in [3.8, 4) is 0 Å². The smallest absolute Gasteiger partial charge is 0.324 e. The molecule has 5 heteroatoms. The van der Waals surface area contributed by atoms with E-state index in [2.05, 4.69) is 10.6 Å². The highest BCUT2D eigenvalue weighted by Crippen LogP contribution is 2.15. The van der Waals surface area contributed by atoms with Gasteiger partial charge in [-0.3, -0.25) is 9.69 Å². The van der Waals surface area contributed by atoms with E-state index in [4.69, 9.17) is 0 Å². The minimum Gasteiger partial charge on any atom is -0.326 e. The SMILES string of the molecule is CC1NC(=O)N(CCC2CCNC2)C1=O. The summed E-state index contributed by atoms with van der Waals surface area (Å²) in [7, 11) is 0. The van der Waals surface area contributed by atoms with Crippen LogP contribution in [0.1, 0.15) is 19.8 Å². The van der Waals surface area contributed by atoms with E-state index < -0.39 is 0 Å². The Kier molecular flexibility index (Phi) is 2.90. The van der Waals surface area contributed by atoms with E-state index in [1.165, 1.54) is 4.90 Å². The predicted octanol–water partition coefficient (Wildman–Crippen LogP) is -0.0737. The first-order valence-corrected chi connectivity index (χ1v) is 5.51. The molecule has 5 nitrogen and oxygen atoms in total. The van der Waals surface area contributed by atoms with Crippen LogP contribution in [0.4, 0.5) is 4.79 Å². The van der Waals surface area contributed by atoms with Gasteiger partial charge in [0.25, 0.3) is 5.91 Å². The molecule has 2 aliphatic rings. The molecule has 0 aliphatic carbocycles. The molecule has 2 fully saturated rings. The molecule has 0 aromatic carbocycles. The summed E-state index contributed by atoms with van der Waals surface area (Å²) in [5, 5.41) is 5.89. The molecule has 2 heterocycles. The van der Waals surface area contributed by atoms with Crippen molar-refractivity contribution < 1.29 is 9.59 Å². The third kappa shape index (κ3) is 2.12. The van der Waals surface area contributed by atoms with Crippen molar-refractivity contribution in [2.75, 3.05) is 19.6 Å². The van der Waals surface area contributed by atoms with Crippen molar-refractivity contribution in [1.29, 1.82) is 0 Å². The molecule has 15 heavy (non-hydrogen) atoms. The van der Waals surface area contributed by atoms with Crippen LogP contribution in [0.25, 0.3) is 0 Å². The van der Waals surface area contributed by atoms with Crippen molar-refractivity contribution in [1.82, 2.24) is 15.5 Å². The summed E-state index contributed by atoms with van der Waals surface area (Å²) in [4.78, 5) is 24.3. The second-order valence-corrected chi connectivity index (χ2v) is 4.31. The minimum absolute atomic E-state index is 0.0917. The van der Waals surface area contributed by atoms with Gasteiger partial charge >= 0.3 is 6.03 Å². The van der Waals surface area contributed by atoms with Gasteiger partial charge in [-0.05, 0) is 38.8 Å². The van der Waals surface area contributed by atoms with Crippen LogP contribution < -0.4 is 10.6 Å². The van der Waals surface area contributed by atoms with Crippen LogP contribution in [0, 0.1) is 5.92 Å². The summed E-state index contributed by atoms with van der Waals surface area (Å²) in [5.41, 5.74) is 0. The maximum atomic E-state index is 11.5. The van der Waals surface area contributed by atoms with E-state index in [9.17, 15) is 9.59 Å². The van der Waals surface area contributed by atoms with Gasteiger partial charge in [0.2, 0.25) is 0 Å². The zero-order valence-corrected chi connectivity index (χ0v) is 8.95. The molecule has 0 radical (unpaired) electrons. The topological polar surface area (TPSA) is 61.4 Å². The van der Waals surface area contributed by atoms with Gasteiger partial charge in [0.15, 0.2) is 0 Å². The van der Waals surface area contributed by atoms with Crippen LogP contribution in [0.3, 0.4) is 0 Å². The molecule has 0 spiro atoms. The van der Waals surface area contributed by atoms with Gasteiger partial charge in [0.1, 0.15) is 6.04 Å². The Bertz CT molecular complexity index is 274. The third-order valence-corrected chi connectivity index (χ3v) is 3.14. The standard InChI is InChI=1S/C10H17N3O2/c1-7-9(14)13(10(15)12-7)5-3-8-2-4-11-6-8/h7-8,11H,2-6H2,1H3,(H,12,15). The average Bonchev–Trinajstić information content (AvgIpc) is 2.76. The number of amides is 3. The first-order chi connectivity index (χ1) is 7.18. The Morgan fingerprint density at radius 1 is 1.47 bits per heavy atom. The number of imide groups is 1. The molecule has 2 rings (SSSR count). The second-order valence-electron chi connectivity index (χ2n) is 4.31. The van der Waals surface area contributed by atoms with Crippen molar-refractivity contribution in [3.05, 3.63) is 0 Å². The van der Waals surface area contributed by atoms with Crippen LogP contribution in [0.15, 0.2) is 0 Å². The third-order valence-electron chi connectivity index (χ3n) is 3.14. The molecule has 0 aromatic rings. The van der Waals surface area contributed by atoms with Gasteiger partial charge in [-0.15, -0.1) is 0 Å². The number of carbonyl (C=O) groups excluding carboxylic acids is 2. The van der Waals surface area contributed by atoms with Crippen LogP contribution in [0.2, 0.25) is 0 Å². The molecule has 2 N–H and O–H groups in total. The molecule has 2 atom stereocenters. The van der Waals surface area contributed by atoms with Gasteiger partial charge in [0.05, 0.1) is 0 Å². The molecule has 3 amide bonds. The van der Waals surface area contributed by atoms with Gasteiger partial charge in [-0.25, -0.2) is 4.79 Å². The number of rotatable bonds is 3. The summed E-state index contributed by atoms with van der Waals surface area (Å²) < 4.78 is 0. The first-order valence-electron chi connectivity index (χ1n) is 5.51. The zero-order chi connectivity index (χ0) is 10.8. The second kappa shape index (κ2) is 4.18. The van der Waals surface area contributed by atoms with E-state index in [-0.39, 0.29) is 18.0 Å². The number of nitrogens with zero attached hydrogens (tertiary/aromatic N) is 1. The van der Waals surface area contributed by atoms with E-state index in [0.29, 0.717) is 12.5 Å². The molecule has 2 saturated heterocycles. The summed E-state index contributed by atoms with van der Waals surface area (Å²) in [6, 6.07) is -0.586. The van der Waals surface area contributed by atoms with E-state index >= 15 is 0 Å². The fraction of sp³-hybridized carbons (Fsp3) is 0.800. The molecule has 84 valence electrons. The van der Waals surface area contributed by atoms with E-state index in [1.807, 2.05) is 0 Å². The average molecular weight is 211 g/mol. The summed E-state index contributed by atoms with van der Waals surface area (Å²) in [5.74, 6) is 0.521. The lowest BCUT2D eigenvalue weighted by atomic mass is 10.1. The number of urea groups is 1. The number of carbonyl (C=O) groups is 2. The van der Waals surface area contributed by atoms with Crippen molar-refractivity contribution in [2.45, 2.75) is 25.8 Å². The summed E-state index contributed by atoms with van der Waals surface area (Å²) in [6.07, 6.45) is 2.07.